The van der Waals surface area contributed by atoms with Crippen molar-refractivity contribution in [3.8, 4) is 0 Å². The lowest BCUT2D eigenvalue weighted by molar-refractivity contribution is -0.159. The average Bonchev–Trinajstić information content (AvgIpc) is 3.06. The van der Waals surface area contributed by atoms with Crippen LogP contribution in [0.5, 0.6) is 0 Å². The van der Waals surface area contributed by atoms with E-state index < -0.39 is 41.9 Å². The normalized spacial score (nSPS) is 11.7. The number of amides is 3. The first-order chi connectivity index (χ1) is 22.5. The van der Waals surface area contributed by atoms with Crippen LogP contribution in [0.25, 0.3) is 0 Å². The quantitative estimate of drug-likeness (QED) is 0.132. The third kappa shape index (κ3) is 9.39. The molecule has 0 unspecified atom stereocenters. The monoisotopic (exact) mass is 677 g/mol. The molecule has 0 aromatic heterocycles. The fraction of sp³-hybridized carbons (Fsp3) is 0.0909. The molecule has 4 rings (SSSR count). The standard InChI is InChI=1S/C33H25Cl2N3O9/c34-24-12-6-4-10-22(24)32(44)46-27(28(31(42)43)47-33(45)23-11-5-7-13-25(23)35)30(41)38-37-29(40)20-14-16-21(17-15-20)36-26(39)18-19-8-2-1-3-9-19/h1-17,27-28H,18H2,(H,36,39)(H,37,40)(H,38,41)(H,42,43)/t27-,28+/m1/s1. The van der Waals surface area contributed by atoms with Crippen LogP contribution in [0, 0.1) is 0 Å². The van der Waals surface area contributed by atoms with Gasteiger partial charge in [-0.15, -0.1) is 0 Å². The summed E-state index contributed by atoms with van der Waals surface area (Å²) >= 11 is 12.1. The number of halogens is 2. The number of benzene rings is 4. The van der Waals surface area contributed by atoms with Gasteiger partial charge in [-0.05, 0) is 54.1 Å². The molecule has 0 heterocycles. The van der Waals surface area contributed by atoms with Crippen molar-refractivity contribution in [1.82, 2.24) is 10.9 Å². The Morgan fingerprint density at radius 2 is 1.15 bits per heavy atom. The lowest BCUT2D eigenvalue weighted by atomic mass is 10.1. The van der Waals surface area contributed by atoms with E-state index in [9.17, 15) is 33.9 Å². The fourth-order valence-electron chi connectivity index (χ4n) is 4.06. The second-order valence-corrected chi connectivity index (χ2v) is 10.5. The Morgan fingerprint density at radius 3 is 1.68 bits per heavy atom. The number of nitrogens with one attached hydrogen (secondary N) is 3. The Morgan fingerprint density at radius 1 is 0.638 bits per heavy atom. The Labute approximate surface area is 277 Å². The van der Waals surface area contributed by atoms with Gasteiger partial charge in [0.05, 0.1) is 27.6 Å². The van der Waals surface area contributed by atoms with Crippen molar-refractivity contribution in [2.24, 2.45) is 0 Å². The molecule has 4 aromatic rings. The number of anilines is 1. The van der Waals surface area contributed by atoms with Crippen molar-refractivity contribution in [3.05, 3.63) is 135 Å². The van der Waals surface area contributed by atoms with Gasteiger partial charge in [0, 0.05) is 11.3 Å². The molecule has 0 bridgehead atoms. The molecule has 0 saturated heterocycles. The minimum atomic E-state index is -2.39. The van der Waals surface area contributed by atoms with Crippen LogP contribution in [0.4, 0.5) is 5.69 Å². The van der Waals surface area contributed by atoms with Crippen LogP contribution in [0.15, 0.2) is 103 Å². The van der Waals surface area contributed by atoms with Crippen LogP contribution in [-0.4, -0.2) is 52.9 Å². The minimum Gasteiger partial charge on any atom is -0.478 e. The van der Waals surface area contributed by atoms with E-state index in [0.717, 1.165) is 5.56 Å². The van der Waals surface area contributed by atoms with Gasteiger partial charge in [-0.2, -0.15) is 0 Å². The number of carbonyl (C=O) groups excluding carboxylic acids is 5. The SMILES string of the molecule is O=C(Cc1ccccc1)Nc1ccc(C(=O)NNC(=O)[C@H](OC(=O)c2ccccc2Cl)[C@H](OC(=O)c2ccccc2Cl)C(=O)O)cc1. The molecule has 2 atom stereocenters. The van der Waals surface area contributed by atoms with Gasteiger partial charge in [-0.25, -0.2) is 14.4 Å². The van der Waals surface area contributed by atoms with Gasteiger partial charge in [0.15, 0.2) is 0 Å². The minimum absolute atomic E-state index is 0.0379. The highest BCUT2D eigenvalue weighted by atomic mass is 35.5. The summed E-state index contributed by atoms with van der Waals surface area (Å²) in [5, 5.41) is 12.5. The molecule has 3 amide bonds. The Hall–Kier alpha value is -5.72. The van der Waals surface area contributed by atoms with E-state index in [-0.39, 0.29) is 39.1 Å². The van der Waals surface area contributed by atoms with E-state index in [1.165, 1.54) is 72.8 Å². The second kappa shape index (κ2) is 16.0. The number of rotatable bonds is 11. The van der Waals surface area contributed by atoms with Gasteiger partial charge in [-0.3, -0.25) is 25.2 Å². The Kier molecular flexibility index (Phi) is 11.6. The first kappa shape index (κ1) is 34.2. The second-order valence-electron chi connectivity index (χ2n) is 9.68. The molecular formula is C33H25Cl2N3O9. The van der Waals surface area contributed by atoms with Crippen molar-refractivity contribution in [1.29, 1.82) is 0 Å². The molecule has 0 radical (unpaired) electrons. The summed E-state index contributed by atoms with van der Waals surface area (Å²) in [5.41, 5.74) is 4.90. The molecule has 4 aromatic carbocycles. The molecular weight excluding hydrogens is 653 g/mol. The molecule has 0 fully saturated rings. The van der Waals surface area contributed by atoms with Crippen molar-refractivity contribution in [3.63, 3.8) is 0 Å². The van der Waals surface area contributed by atoms with Crippen LogP contribution in [0.3, 0.4) is 0 Å². The van der Waals surface area contributed by atoms with Crippen molar-refractivity contribution >= 4 is 64.5 Å². The van der Waals surface area contributed by atoms with Crippen LogP contribution >= 0.6 is 23.2 Å². The molecule has 12 nitrogen and oxygen atoms in total. The maximum Gasteiger partial charge on any atom is 0.349 e. The summed E-state index contributed by atoms with van der Waals surface area (Å²) in [6.45, 7) is 0. The predicted molar refractivity (Wildman–Crippen MR) is 170 cm³/mol. The first-order valence-electron chi connectivity index (χ1n) is 13.7. The first-order valence-corrected chi connectivity index (χ1v) is 14.5. The lowest BCUT2D eigenvalue weighted by Crippen LogP contribution is -2.54. The van der Waals surface area contributed by atoms with Gasteiger partial charge in [0.1, 0.15) is 0 Å². The highest BCUT2D eigenvalue weighted by molar-refractivity contribution is 6.34. The van der Waals surface area contributed by atoms with Crippen LogP contribution in [0.1, 0.15) is 36.6 Å². The van der Waals surface area contributed by atoms with Gasteiger partial charge in [0.25, 0.3) is 11.8 Å². The number of aliphatic carboxylic acids is 1. The summed E-state index contributed by atoms with van der Waals surface area (Å²) in [6.07, 6.45) is -4.56. The Balaban J connectivity index is 1.47. The number of ether oxygens (including phenoxy) is 2. The van der Waals surface area contributed by atoms with Crippen LogP contribution in [0.2, 0.25) is 10.0 Å². The molecule has 0 aliphatic carbocycles. The van der Waals surface area contributed by atoms with E-state index in [4.69, 9.17) is 32.7 Å². The zero-order chi connectivity index (χ0) is 33.9. The fourth-order valence-corrected chi connectivity index (χ4v) is 4.48. The molecule has 47 heavy (non-hydrogen) atoms. The van der Waals surface area contributed by atoms with Crippen LogP contribution in [-0.2, 0) is 30.3 Å². The van der Waals surface area contributed by atoms with Crippen molar-refractivity contribution in [2.45, 2.75) is 18.6 Å². The number of carboxylic acids is 1. The van der Waals surface area contributed by atoms with Crippen molar-refractivity contribution < 1.29 is 43.3 Å². The number of hydrogen-bond acceptors (Lipinski definition) is 8. The highest BCUT2D eigenvalue weighted by Gasteiger charge is 2.41. The Bertz CT molecular complexity index is 1800. The molecule has 0 aliphatic rings. The zero-order valence-electron chi connectivity index (χ0n) is 24.1. The van der Waals surface area contributed by atoms with Gasteiger partial charge in [-0.1, -0.05) is 77.8 Å². The van der Waals surface area contributed by atoms with Gasteiger partial charge in [0.2, 0.25) is 18.1 Å². The average molecular weight is 678 g/mol. The summed E-state index contributed by atoms with van der Waals surface area (Å²) in [7, 11) is 0. The predicted octanol–water partition coefficient (Wildman–Crippen LogP) is 4.47. The van der Waals surface area contributed by atoms with E-state index in [2.05, 4.69) is 10.7 Å². The molecule has 240 valence electrons. The smallest absolute Gasteiger partial charge is 0.349 e. The molecule has 4 N–H and O–H groups in total. The van der Waals surface area contributed by atoms with Gasteiger partial charge < -0.3 is 19.9 Å². The third-order valence-corrected chi connectivity index (χ3v) is 7.03. The van der Waals surface area contributed by atoms with E-state index in [1.807, 2.05) is 35.8 Å². The number of hydrazine groups is 1. The number of carboxylic acid groups (broad SMARTS) is 1. The number of esters is 2. The molecule has 14 heteroatoms. The summed E-state index contributed by atoms with van der Waals surface area (Å²) in [6, 6.07) is 25.9. The maximum absolute atomic E-state index is 13.2. The van der Waals surface area contributed by atoms with E-state index in [0.29, 0.717) is 5.69 Å². The largest absolute Gasteiger partial charge is 0.478 e. The topological polar surface area (TPSA) is 177 Å². The molecule has 0 spiro atoms. The number of carbonyl (C=O) groups is 6. The summed E-state index contributed by atoms with van der Waals surface area (Å²) < 4.78 is 10.2. The maximum atomic E-state index is 13.2. The summed E-state index contributed by atoms with van der Waals surface area (Å²) in [4.78, 5) is 76.3. The van der Waals surface area contributed by atoms with Crippen LogP contribution < -0.4 is 16.2 Å². The van der Waals surface area contributed by atoms with Crippen molar-refractivity contribution in [2.75, 3.05) is 5.32 Å². The third-order valence-electron chi connectivity index (χ3n) is 6.37. The molecule has 0 aliphatic heterocycles. The van der Waals surface area contributed by atoms with E-state index >= 15 is 0 Å². The molecule has 0 saturated carbocycles. The number of hydrogen-bond donors (Lipinski definition) is 4. The zero-order valence-corrected chi connectivity index (χ0v) is 25.7. The summed E-state index contributed by atoms with van der Waals surface area (Å²) in [5.74, 6) is -6.78. The lowest BCUT2D eigenvalue weighted by Gasteiger charge is -2.24. The highest BCUT2D eigenvalue weighted by Crippen LogP contribution is 2.21. The van der Waals surface area contributed by atoms with E-state index in [1.54, 1.807) is 0 Å². The van der Waals surface area contributed by atoms with Gasteiger partial charge >= 0.3 is 17.9 Å².